The minimum Gasteiger partial charge on any atom is -0.342 e. The minimum atomic E-state index is -3.68. The number of ether oxygens (including phenoxy) is 2. The van der Waals surface area contributed by atoms with Crippen molar-refractivity contribution in [3.8, 4) is 0 Å². The molecule has 0 unspecified atom stereocenters. The van der Waals surface area contributed by atoms with E-state index in [1.54, 1.807) is 13.8 Å². The van der Waals surface area contributed by atoms with Crippen molar-refractivity contribution in [1.29, 1.82) is 0 Å². The molecule has 0 bridgehead atoms. The number of hydrogen-bond acceptors (Lipinski definition) is 9. The predicted molar refractivity (Wildman–Crippen MR) is 80.6 cm³/mol. The quantitative estimate of drug-likeness (QED) is 0.624. The smallest absolute Gasteiger partial charge is 0.264 e. The molecule has 2 saturated heterocycles. The molecule has 0 N–H and O–H groups in total. The summed E-state index contributed by atoms with van der Waals surface area (Å²) in [6.45, 7) is 3.34. The Kier molecular flexibility index (Phi) is 5.18. The van der Waals surface area contributed by atoms with Gasteiger partial charge in [0.1, 0.15) is 24.4 Å². The van der Waals surface area contributed by atoms with Gasteiger partial charge in [0, 0.05) is 11.5 Å². The first kappa shape index (κ1) is 18.4. The van der Waals surface area contributed by atoms with Gasteiger partial charge in [-0.3, -0.25) is 8.37 Å². The molecule has 2 rings (SSSR count). The van der Waals surface area contributed by atoms with E-state index >= 15 is 0 Å². The Morgan fingerprint density at radius 3 is 1.59 bits per heavy atom. The van der Waals surface area contributed by atoms with Gasteiger partial charge in [0.05, 0.1) is 12.5 Å². The van der Waals surface area contributed by atoms with Crippen LogP contribution in [0.2, 0.25) is 0 Å². The highest BCUT2D eigenvalue weighted by Gasteiger charge is 2.52. The molecule has 0 amide bonds. The van der Waals surface area contributed by atoms with Crippen LogP contribution >= 0.6 is 11.8 Å². The van der Waals surface area contributed by atoms with E-state index in [0.29, 0.717) is 11.5 Å². The van der Waals surface area contributed by atoms with Gasteiger partial charge in [0.2, 0.25) is 0 Å². The Labute approximate surface area is 135 Å². The lowest BCUT2D eigenvalue weighted by atomic mass is 10.1. The lowest BCUT2D eigenvalue weighted by Gasteiger charge is -2.25. The molecule has 0 radical (unpaired) electrons. The van der Waals surface area contributed by atoms with Gasteiger partial charge in [-0.2, -0.15) is 28.6 Å². The van der Waals surface area contributed by atoms with Gasteiger partial charge in [-0.05, 0) is 13.8 Å². The standard InChI is InChI=1S/C11H20O8S3/c1-11(2)16-9-7(18-21(3,12)13)5-20-6-8(10(9)17-11)19-22(4,14)15/h7-10H,5-6H2,1-4H3/t7-,8+,9-,10-/m1/s1. The van der Waals surface area contributed by atoms with E-state index < -0.39 is 50.4 Å². The summed E-state index contributed by atoms with van der Waals surface area (Å²) < 4.78 is 67.3. The van der Waals surface area contributed by atoms with Gasteiger partial charge >= 0.3 is 0 Å². The fourth-order valence-corrected chi connectivity index (χ4v) is 5.04. The Hall–Kier alpha value is 0.0900. The van der Waals surface area contributed by atoms with Crippen molar-refractivity contribution in [1.82, 2.24) is 0 Å². The first-order chi connectivity index (χ1) is 9.86. The fourth-order valence-electron chi connectivity index (χ4n) is 2.50. The average molecular weight is 376 g/mol. The third-order valence-corrected chi connectivity index (χ3v) is 5.38. The van der Waals surface area contributed by atoms with E-state index in [1.165, 1.54) is 11.8 Å². The van der Waals surface area contributed by atoms with Crippen molar-refractivity contribution in [3.63, 3.8) is 0 Å². The lowest BCUT2D eigenvalue weighted by molar-refractivity contribution is -0.157. The normalized spacial score (nSPS) is 35.8. The Morgan fingerprint density at radius 2 is 1.27 bits per heavy atom. The van der Waals surface area contributed by atoms with E-state index in [-0.39, 0.29) is 0 Å². The second-order valence-corrected chi connectivity index (χ2v) is 10.1. The highest BCUT2D eigenvalue weighted by molar-refractivity contribution is 7.99. The van der Waals surface area contributed by atoms with Crippen LogP contribution in [0.4, 0.5) is 0 Å². The van der Waals surface area contributed by atoms with E-state index in [2.05, 4.69) is 0 Å². The molecule has 11 heteroatoms. The lowest BCUT2D eigenvalue weighted by Crippen LogP contribution is -2.45. The molecule has 0 saturated carbocycles. The van der Waals surface area contributed by atoms with Crippen molar-refractivity contribution >= 4 is 32.0 Å². The highest BCUT2D eigenvalue weighted by Crippen LogP contribution is 2.38. The zero-order chi connectivity index (χ0) is 16.8. The van der Waals surface area contributed by atoms with Crippen LogP contribution < -0.4 is 0 Å². The topological polar surface area (TPSA) is 105 Å². The van der Waals surface area contributed by atoms with Crippen LogP contribution in [0.1, 0.15) is 13.8 Å². The maximum atomic E-state index is 11.4. The molecule has 0 aliphatic carbocycles. The van der Waals surface area contributed by atoms with Crippen LogP contribution in [-0.2, 0) is 38.1 Å². The summed E-state index contributed by atoms with van der Waals surface area (Å²) in [5.41, 5.74) is 0. The van der Waals surface area contributed by atoms with Gasteiger partial charge in [0.15, 0.2) is 5.79 Å². The van der Waals surface area contributed by atoms with Crippen molar-refractivity contribution in [2.45, 2.75) is 44.1 Å². The number of fused-ring (bicyclic) bond motifs is 1. The molecule has 2 aliphatic heterocycles. The second-order valence-electron chi connectivity index (χ2n) is 5.78. The largest absolute Gasteiger partial charge is 0.342 e. The molecule has 0 aromatic carbocycles. The molecule has 2 heterocycles. The molecular weight excluding hydrogens is 356 g/mol. The fraction of sp³-hybridized carbons (Fsp3) is 1.00. The van der Waals surface area contributed by atoms with E-state index in [0.717, 1.165) is 12.5 Å². The molecule has 130 valence electrons. The van der Waals surface area contributed by atoms with Crippen molar-refractivity contribution in [2.24, 2.45) is 0 Å². The third-order valence-electron chi connectivity index (χ3n) is 3.06. The summed E-state index contributed by atoms with van der Waals surface area (Å²) in [6.07, 6.45) is -1.07. The SMILES string of the molecule is CC1(C)O[C@H]2[C@H](O1)[C@H](OS(C)(=O)=O)CSC[C@@H]2OS(C)(=O)=O. The third kappa shape index (κ3) is 5.05. The number of rotatable bonds is 4. The van der Waals surface area contributed by atoms with Gasteiger partial charge in [-0.1, -0.05) is 0 Å². The zero-order valence-electron chi connectivity index (χ0n) is 12.7. The molecule has 22 heavy (non-hydrogen) atoms. The molecule has 0 aromatic heterocycles. The monoisotopic (exact) mass is 376 g/mol. The summed E-state index contributed by atoms with van der Waals surface area (Å²) >= 11 is 1.33. The maximum absolute atomic E-state index is 11.4. The van der Waals surface area contributed by atoms with Crippen LogP contribution in [0.3, 0.4) is 0 Å². The van der Waals surface area contributed by atoms with E-state index in [4.69, 9.17) is 17.8 Å². The number of thioether (sulfide) groups is 1. The molecule has 2 aliphatic rings. The summed E-state index contributed by atoms with van der Waals surface area (Å²) in [5, 5.41) is 0. The van der Waals surface area contributed by atoms with Crippen LogP contribution in [0.15, 0.2) is 0 Å². The second kappa shape index (κ2) is 6.19. The Balaban J connectivity index is 2.27. The summed E-state index contributed by atoms with van der Waals surface area (Å²) in [5.74, 6) is -0.315. The number of hydrogen-bond donors (Lipinski definition) is 0. The predicted octanol–water partition coefficient (Wildman–Crippen LogP) is -0.0571. The van der Waals surface area contributed by atoms with E-state index in [1.807, 2.05) is 0 Å². The van der Waals surface area contributed by atoms with Crippen molar-refractivity contribution in [3.05, 3.63) is 0 Å². The van der Waals surface area contributed by atoms with Crippen LogP contribution in [0.25, 0.3) is 0 Å². The van der Waals surface area contributed by atoms with E-state index in [9.17, 15) is 16.8 Å². The summed E-state index contributed by atoms with van der Waals surface area (Å²) in [7, 11) is -7.35. The molecule has 0 spiro atoms. The first-order valence-corrected chi connectivity index (χ1v) is 11.3. The maximum Gasteiger partial charge on any atom is 0.264 e. The molecule has 0 aromatic rings. The molecule has 8 nitrogen and oxygen atoms in total. The van der Waals surface area contributed by atoms with Crippen LogP contribution in [-0.4, -0.2) is 71.1 Å². The molecule has 2 fully saturated rings. The molecule has 4 atom stereocenters. The molecular formula is C11H20O8S3. The van der Waals surface area contributed by atoms with Crippen molar-refractivity contribution < 1.29 is 34.7 Å². The van der Waals surface area contributed by atoms with Gasteiger partial charge in [0.25, 0.3) is 20.2 Å². The summed E-state index contributed by atoms with van der Waals surface area (Å²) in [6, 6.07) is 0. The van der Waals surface area contributed by atoms with Crippen LogP contribution in [0, 0.1) is 0 Å². The van der Waals surface area contributed by atoms with Gasteiger partial charge < -0.3 is 9.47 Å². The zero-order valence-corrected chi connectivity index (χ0v) is 15.2. The summed E-state index contributed by atoms with van der Waals surface area (Å²) in [4.78, 5) is 0. The highest BCUT2D eigenvalue weighted by atomic mass is 32.2. The average Bonchev–Trinajstić information content (AvgIpc) is 2.52. The van der Waals surface area contributed by atoms with Gasteiger partial charge in [-0.15, -0.1) is 0 Å². The van der Waals surface area contributed by atoms with Crippen molar-refractivity contribution in [2.75, 3.05) is 24.0 Å². The minimum absolute atomic E-state index is 0.331. The Bertz CT molecular complexity index is 559. The van der Waals surface area contributed by atoms with Crippen LogP contribution in [0.5, 0.6) is 0 Å². The van der Waals surface area contributed by atoms with Gasteiger partial charge in [-0.25, -0.2) is 0 Å². The first-order valence-electron chi connectivity index (χ1n) is 6.56. The Morgan fingerprint density at radius 1 is 0.909 bits per heavy atom.